The Balaban J connectivity index is 2.98. The SMILES string of the molecule is C=C(C)C(=O)c1ccc(Br)cn1. The first kappa shape index (κ1) is 9.13. The molecule has 0 N–H and O–H groups in total. The lowest BCUT2D eigenvalue weighted by Gasteiger charge is -1.97. The summed E-state index contributed by atoms with van der Waals surface area (Å²) >= 11 is 3.24. The zero-order valence-electron chi connectivity index (χ0n) is 6.67. The van der Waals surface area contributed by atoms with E-state index in [-0.39, 0.29) is 5.78 Å². The number of hydrogen-bond acceptors (Lipinski definition) is 2. The molecule has 0 atom stereocenters. The zero-order valence-corrected chi connectivity index (χ0v) is 8.26. The number of aromatic nitrogens is 1. The van der Waals surface area contributed by atoms with Gasteiger partial charge in [-0.15, -0.1) is 0 Å². The molecule has 62 valence electrons. The van der Waals surface area contributed by atoms with E-state index in [4.69, 9.17) is 0 Å². The molecule has 0 fully saturated rings. The van der Waals surface area contributed by atoms with Gasteiger partial charge in [0.15, 0.2) is 0 Å². The summed E-state index contributed by atoms with van der Waals surface area (Å²) in [6, 6.07) is 3.45. The monoisotopic (exact) mass is 225 g/mol. The fraction of sp³-hybridized carbons (Fsp3) is 0.111. The first-order chi connectivity index (χ1) is 5.61. The number of hydrogen-bond donors (Lipinski definition) is 0. The minimum atomic E-state index is -0.109. The Bertz CT molecular complexity index is 316. The minimum absolute atomic E-state index is 0.109. The van der Waals surface area contributed by atoms with E-state index in [9.17, 15) is 4.79 Å². The van der Waals surface area contributed by atoms with Crippen molar-refractivity contribution in [1.29, 1.82) is 0 Å². The molecule has 3 heteroatoms. The maximum Gasteiger partial charge on any atom is 0.206 e. The van der Waals surface area contributed by atoms with Gasteiger partial charge in [-0.25, -0.2) is 0 Å². The van der Waals surface area contributed by atoms with Crippen LogP contribution in [0.4, 0.5) is 0 Å². The van der Waals surface area contributed by atoms with Gasteiger partial charge >= 0.3 is 0 Å². The first-order valence-electron chi connectivity index (χ1n) is 3.43. The van der Waals surface area contributed by atoms with Gasteiger partial charge in [0.25, 0.3) is 0 Å². The number of nitrogens with zero attached hydrogens (tertiary/aromatic N) is 1. The van der Waals surface area contributed by atoms with Crippen molar-refractivity contribution in [1.82, 2.24) is 4.98 Å². The second kappa shape index (κ2) is 3.63. The minimum Gasteiger partial charge on any atom is -0.287 e. The number of ketones is 1. The molecule has 0 spiro atoms. The summed E-state index contributed by atoms with van der Waals surface area (Å²) in [6.45, 7) is 5.23. The first-order valence-corrected chi connectivity index (χ1v) is 4.22. The summed E-state index contributed by atoms with van der Waals surface area (Å²) in [5.41, 5.74) is 0.940. The third-order valence-corrected chi connectivity index (χ3v) is 1.82. The van der Waals surface area contributed by atoms with Crippen molar-refractivity contribution in [3.8, 4) is 0 Å². The molecule has 0 saturated heterocycles. The Morgan fingerprint density at radius 2 is 2.25 bits per heavy atom. The average Bonchev–Trinajstić information content (AvgIpc) is 2.04. The van der Waals surface area contributed by atoms with Crippen LogP contribution in [-0.2, 0) is 0 Å². The molecular weight excluding hydrogens is 218 g/mol. The van der Waals surface area contributed by atoms with Gasteiger partial charge < -0.3 is 0 Å². The highest BCUT2D eigenvalue weighted by Gasteiger charge is 2.06. The molecule has 0 aliphatic heterocycles. The maximum absolute atomic E-state index is 11.3. The number of rotatable bonds is 2. The third-order valence-electron chi connectivity index (χ3n) is 1.35. The molecule has 0 aromatic carbocycles. The van der Waals surface area contributed by atoms with Gasteiger partial charge in [-0.3, -0.25) is 9.78 Å². The molecule has 1 rings (SSSR count). The van der Waals surface area contributed by atoms with Crippen LogP contribution in [0.1, 0.15) is 17.4 Å². The lowest BCUT2D eigenvalue weighted by atomic mass is 10.1. The van der Waals surface area contributed by atoms with Crippen LogP contribution in [-0.4, -0.2) is 10.8 Å². The molecule has 0 unspecified atom stereocenters. The molecule has 0 saturated carbocycles. The Hall–Kier alpha value is -0.960. The van der Waals surface area contributed by atoms with Crippen LogP contribution in [0.5, 0.6) is 0 Å². The topological polar surface area (TPSA) is 30.0 Å². The van der Waals surface area contributed by atoms with E-state index >= 15 is 0 Å². The van der Waals surface area contributed by atoms with E-state index in [0.717, 1.165) is 4.47 Å². The van der Waals surface area contributed by atoms with Gasteiger partial charge in [-0.2, -0.15) is 0 Å². The van der Waals surface area contributed by atoms with Crippen molar-refractivity contribution in [2.75, 3.05) is 0 Å². The summed E-state index contributed by atoms with van der Waals surface area (Å²) < 4.78 is 0.862. The molecule has 0 aliphatic rings. The highest BCUT2D eigenvalue weighted by Crippen LogP contribution is 2.09. The number of carbonyl (C=O) groups is 1. The lowest BCUT2D eigenvalue weighted by molar-refractivity contribution is 0.103. The van der Waals surface area contributed by atoms with Gasteiger partial charge in [-0.1, -0.05) is 6.58 Å². The van der Waals surface area contributed by atoms with Crippen molar-refractivity contribution in [2.24, 2.45) is 0 Å². The van der Waals surface area contributed by atoms with Crippen LogP contribution in [0, 0.1) is 0 Å². The smallest absolute Gasteiger partial charge is 0.206 e. The third kappa shape index (κ3) is 2.01. The van der Waals surface area contributed by atoms with E-state index in [2.05, 4.69) is 27.5 Å². The number of allylic oxidation sites excluding steroid dienone is 1. The molecule has 12 heavy (non-hydrogen) atoms. The summed E-state index contributed by atoms with van der Waals surface area (Å²) in [5, 5.41) is 0. The maximum atomic E-state index is 11.3. The Morgan fingerprint density at radius 1 is 1.58 bits per heavy atom. The second-order valence-corrected chi connectivity index (χ2v) is 3.39. The van der Waals surface area contributed by atoms with Gasteiger partial charge in [0.05, 0.1) is 0 Å². The summed E-state index contributed by atoms with van der Waals surface area (Å²) in [5.74, 6) is -0.109. The molecule has 1 heterocycles. The molecule has 1 aromatic heterocycles. The van der Waals surface area contributed by atoms with Crippen molar-refractivity contribution in [3.05, 3.63) is 40.6 Å². The van der Waals surface area contributed by atoms with Gasteiger partial charge in [-0.05, 0) is 40.6 Å². The predicted molar refractivity (Wildman–Crippen MR) is 51.1 cm³/mol. The van der Waals surface area contributed by atoms with Crippen molar-refractivity contribution < 1.29 is 4.79 Å². The van der Waals surface area contributed by atoms with E-state index < -0.39 is 0 Å². The van der Waals surface area contributed by atoms with E-state index in [1.54, 1.807) is 25.3 Å². The van der Waals surface area contributed by atoms with Crippen LogP contribution < -0.4 is 0 Å². The Morgan fingerprint density at radius 3 is 2.67 bits per heavy atom. The fourth-order valence-corrected chi connectivity index (χ4v) is 0.963. The van der Waals surface area contributed by atoms with Crippen LogP contribution in [0.3, 0.4) is 0 Å². The molecular formula is C9H8BrNO. The van der Waals surface area contributed by atoms with E-state index in [1.807, 2.05) is 0 Å². The fourth-order valence-electron chi connectivity index (χ4n) is 0.729. The standard InChI is InChI=1S/C9H8BrNO/c1-6(2)9(12)8-4-3-7(10)5-11-8/h3-5H,1H2,2H3. The quantitative estimate of drug-likeness (QED) is 0.573. The van der Waals surface area contributed by atoms with Crippen molar-refractivity contribution in [3.63, 3.8) is 0 Å². The summed E-state index contributed by atoms with van der Waals surface area (Å²) in [6.07, 6.45) is 1.59. The number of pyridine rings is 1. The molecule has 0 amide bonds. The zero-order chi connectivity index (χ0) is 9.14. The molecule has 0 radical (unpaired) electrons. The summed E-state index contributed by atoms with van der Waals surface area (Å²) in [4.78, 5) is 15.2. The number of halogens is 1. The largest absolute Gasteiger partial charge is 0.287 e. The van der Waals surface area contributed by atoms with Crippen LogP contribution in [0.25, 0.3) is 0 Å². The van der Waals surface area contributed by atoms with E-state index in [0.29, 0.717) is 11.3 Å². The lowest BCUT2D eigenvalue weighted by Crippen LogP contribution is -2.01. The number of carbonyl (C=O) groups excluding carboxylic acids is 1. The van der Waals surface area contributed by atoms with Crippen molar-refractivity contribution >= 4 is 21.7 Å². The Kier molecular flexibility index (Phi) is 2.76. The number of Topliss-reactive ketones (excluding diaryl/α,β-unsaturated/α-hetero) is 1. The predicted octanol–water partition coefficient (Wildman–Crippen LogP) is 2.60. The normalized spacial score (nSPS) is 9.50. The van der Waals surface area contributed by atoms with Crippen LogP contribution in [0.2, 0.25) is 0 Å². The molecule has 2 nitrogen and oxygen atoms in total. The highest BCUT2D eigenvalue weighted by molar-refractivity contribution is 9.10. The van der Waals surface area contributed by atoms with Crippen molar-refractivity contribution in [2.45, 2.75) is 6.92 Å². The molecule has 0 aliphatic carbocycles. The van der Waals surface area contributed by atoms with Gasteiger partial charge in [0, 0.05) is 10.7 Å². The van der Waals surface area contributed by atoms with Gasteiger partial charge in [0.2, 0.25) is 5.78 Å². The van der Waals surface area contributed by atoms with Gasteiger partial charge in [0.1, 0.15) is 5.69 Å². The van der Waals surface area contributed by atoms with Crippen LogP contribution in [0.15, 0.2) is 35.0 Å². The van der Waals surface area contributed by atoms with E-state index in [1.165, 1.54) is 0 Å². The average molecular weight is 226 g/mol. The summed E-state index contributed by atoms with van der Waals surface area (Å²) in [7, 11) is 0. The second-order valence-electron chi connectivity index (χ2n) is 2.47. The molecule has 0 bridgehead atoms. The highest BCUT2D eigenvalue weighted by atomic mass is 79.9. The molecule has 1 aromatic rings. The Labute approximate surface area is 79.5 Å². The van der Waals surface area contributed by atoms with Crippen LogP contribution >= 0.6 is 15.9 Å².